The Labute approximate surface area is 119 Å². The normalized spacial score (nSPS) is 11.9. The van der Waals surface area contributed by atoms with E-state index in [1.165, 1.54) is 12.8 Å². The standard InChI is InChI=1S/C14H24O4S/c1-4-5-9-19-10-12(3)14(17)18-8-6-7-11(2)13(15)16/h12H,2,4-10H2,1,3H3,(H,15,16). The number of esters is 1. The van der Waals surface area contributed by atoms with Crippen LogP contribution in [0.25, 0.3) is 0 Å². The number of hydrogen-bond donors (Lipinski definition) is 1. The lowest BCUT2D eigenvalue weighted by molar-refractivity contribution is -0.147. The van der Waals surface area contributed by atoms with Gasteiger partial charge in [0.05, 0.1) is 12.5 Å². The lowest BCUT2D eigenvalue weighted by Crippen LogP contribution is -2.18. The number of carboxylic acid groups (broad SMARTS) is 1. The summed E-state index contributed by atoms with van der Waals surface area (Å²) < 4.78 is 5.10. The van der Waals surface area contributed by atoms with Crippen LogP contribution in [0.2, 0.25) is 0 Å². The van der Waals surface area contributed by atoms with E-state index < -0.39 is 5.97 Å². The SMILES string of the molecule is C=C(CCCOC(=O)C(C)CSCCCC)C(=O)O. The van der Waals surface area contributed by atoms with E-state index in [0.717, 1.165) is 11.5 Å². The Morgan fingerprint density at radius 3 is 2.63 bits per heavy atom. The first-order valence-corrected chi connectivity index (χ1v) is 7.80. The second-order valence-corrected chi connectivity index (χ2v) is 5.66. The van der Waals surface area contributed by atoms with Crippen molar-refractivity contribution in [2.24, 2.45) is 5.92 Å². The summed E-state index contributed by atoms with van der Waals surface area (Å²) in [5, 5.41) is 8.61. The molecule has 19 heavy (non-hydrogen) atoms. The van der Waals surface area contributed by atoms with Crippen molar-refractivity contribution in [3.63, 3.8) is 0 Å². The molecule has 0 spiro atoms. The third kappa shape index (κ3) is 9.59. The number of ether oxygens (including phenoxy) is 1. The molecule has 0 aromatic carbocycles. The van der Waals surface area contributed by atoms with Crippen molar-refractivity contribution in [1.29, 1.82) is 0 Å². The molecule has 0 aliphatic carbocycles. The Balaban J connectivity index is 3.62. The number of unbranched alkanes of at least 4 members (excludes halogenated alkanes) is 1. The van der Waals surface area contributed by atoms with Crippen LogP contribution in [-0.2, 0) is 14.3 Å². The van der Waals surface area contributed by atoms with Crippen molar-refractivity contribution in [2.45, 2.75) is 39.5 Å². The topological polar surface area (TPSA) is 63.6 Å². The lowest BCUT2D eigenvalue weighted by atomic mass is 10.2. The van der Waals surface area contributed by atoms with Gasteiger partial charge in [-0.3, -0.25) is 4.79 Å². The van der Waals surface area contributed by atoms with Crippen molar-refractivity contribution < 1.29 is 19.4 Å². The number of hydrogen-bond acceptors (Lipinski definition) is 4. The maximum atomic E-state index is 11.6. The smallest absolute Gasteiger partial charge is 0.330 e. The van der Waals surface area contributed by atoms with Gasteiger partial charge in [0.1, 0.15) is 0 Å². The van der Waals surface area contributed by atoms with Gasteiger partial charge >= 0.3 is 11.9 Å². The van der Waals surface area contributed by atoms with Crippen LogP contribution in [0.15, 0.2) is 12.2 Å². The third-order valence-electron chi connectivity index (χ3n) is 2.58. The number of carbonyl (C=O) groups is 2. The van der Waals surface area contributed by atoms with Crippen molar-refractivity contribution in [1.82, 2.24) is 0 Å². The van der Waals surface area contributed by atoms with Gasteiger partial charge in [-0.2, -0.15) is 11.8 Å². The fourth-order valence-corrected chi connectivity index (χ4v) is 2.43. The fourth-order valence-electron chi connectivity index (χ4n) is 1.28. The zero-order valence-corrected chi connectivity index (χ0v) is 12.6. The van der Waals surface area contributed by atoms with E-state index >= 15 is 0 Å². The van der Waals surface area contributed by atoms with Gasteiger partial charge in [-0.25, -0.2) is 4.79 Å². The zero-order chi connectivity index (χ0) is 14.7. The van der Waals surface area contributed by atoms with Gasteiger partial charge < -0.3 is 9.84 Å². The van der Waals surface area contributed by atoms with Gasteiger partial charge in [-0.15, -0.1) is 0 Å². The third-order valence-corrected chi connectivity index (χ3v) is 3.90. The van der Waals surface area contributed by atoms with Crippen molar-refractivity contribution in [3.05, 3.63) is 12.2 Å². The molecule has 0 saturated heterocycles. The molecule has 4 nitrogen and oxygen atoms in total. The van der Waals surface area contributed by atoms with Crippen molar-refractivity contribution in [2.75, 3.05) is 18.1 Å². The molecule has 0 aliphatic heterocycles. The number of aliphatic carboxylic acids is 1. The van der Waals surface area contributed by atoms with Crippen LogP contribution >= 0.6 is 11.8 Å². The maximum Gasteiger partial charge on any atom is 0.330 e. The summed E-state index contributed by atoms with van der Waals surface area (Å²) in [6.45, 7) is 7.68. The summed E-state index contributed by atoms with van der Waals surface area (Å²) in [4.78, 5) is 22.1. The predicted molar refractivity (Wildman–Crippen MR) is 78.4 cm³/mol. The van der Waals surface area contributed by atoms with E-state index in [-0.39, 0.29) is 24.1 Å². The first kappa shape index (κ1) is 18.0. The van der Waals surface area contributed by atoms with Crippen LogP contribution < -0.4 is 0 Å². The number of rotatable bonds is 11. The molecule has 0 amide bonds. The Morgan fingerprint density at radius 2 is 2.05 bits per heavy atom. The van der Waals surface area contributed by atoms with Gasteiger partial charge in [-0.05, 0) is 25.0 Å². The minimum Gasteiger partial charge on any atom is -0.478 e. The van der Waals surface area contributed by atoms with Gasteiger partial charge in [0.25, 0.3) is 0 Å². The Kier molecular flexibility index (Phi) is 10.4. The number of thioether (sulfide) groups is 1. The maximum absolute atomic E-state index is 11.6. The molecular weight excluding hydrogens is 264 g/mol. The van der Waals surface area contributed by atoms with Gasteiger partial charge in [0, 0.05) is 11.3 Å². The average molecular weight is 288 g/mol. The highest BCUT2D eigenvalue weighted by Gasteiger charge is 2.14. The highest BCUT2D eigenvalue weighted by atomic mass is 32.2. The quantitative estimate of drug-likeness (QED) is 0.359. The van der Waals surface area contributed by atoms with Crippen LogP contribution in [0.3, 0.4) is 0 Å². The van der Waals surface area contributed by atoms with Crippen LogP contribution in [0.1, 0.15) is 39.5 Å². The molecule has 0 radical (unpaired) electrons. The Hall–Kier alpha value is -0.970. The average Bonchev–Trinajstić information content (AvgIpc) is 2.38. The molecule has 1 N–H and O–H groups in total. The Bertz CT molecular complexity index is 302. The minimum absolute atomic E-state index is 0.107. The van der Waals surface area contributed by atoms with Crippen LogP contribution in [0, 0.1) is 5.92 Å². The first-order valence-electron chi connectivity index (χ1n) is 6.64. The highest BCUT2D eigenvalue weighted by molar-refractivity contribution is 7.99. The minimum atomic E-state index is -0.994. The van der Waals surface area contributed by atoms with Gasteiger partial charge in [-0.1, -0.05) is 26.8 Å². The van der Waals surface area contributed by atoms with Crippen molar-refractivity contribution >= 4 is 23.7 Å². The molecule has 110 valence electrons. The molecule has 5 heteroatoms. The Morgan fingerprint density at radius 1 is 1.37 bits per heavy atom. The molecule has 0 aromatic rings. The second kappa shape index (κ2) is 10.9. The van der Waals surface area contributed by atoms with Gasteiger partial charge in [0.15, 0.2) is 0 Å². The summed E-state index contributed by atoms with van der Waals surface area (Å²) in [6, 6.07) is 0. The van der Waals surface area contributed by atoms with E-state index in [2.05, 4.69) is 13.5 Å². The predicted octanol–water partition coefficient (Wildman–Crippen LogP) is 3.12. The van der Waals surface area contributed by atoms with E-state index in [9.17, 15) is 9.59 Å². The fraction of sp³-hybridized carbons (Fsp3) is 0.714. The number of carboxylic acids is 1. The van der Waals surface area contributed by atoms with E-state index in [4.69, 9.17) is 9.84 Å². The number of carbonyl (C=O) groups excluding carboxylic acids is 1. The zero-order valence-electron chi connectivity index (χ0n) is 11.8. The molecule has 0 saturated carbocycles. The summed E-state index contributed by atoms with van der Waals surface area (Å²) in [5.41, 5.74) is 0.152. The van der Waals surface area contributed by atoms with Crippen LogP contribution in [0.4, 0.5) is 0 Å². The van der Waals surface area contributed by atoms with E-state index in [1.54, 1.807) is 11.8 Å². The first-order chi connectivity index (χ1) is 8.99. The molecule has 1 unspecified atom stereocenters. The molecule has 1 atom stereocenters. The second-order valence-electron chi connectivity index (χ2n) is 4.51. The molecule has 0 aromatic heterocycles. The summed E-state index contributed by atoms with van der Waals surface area (Å²) in [6.07, 6.45) is 3.19. The largest absolute Gasteiger partial charge is 0.478 e. The molecule has 0 bridgehead atoms. The summed E-state index contributed by atoms with van der Waals surface area (Å²) in [7, 11) is 0. The van der Waals surface area contributed by atoms with E-state index in [1.807, 2.05) is 6.92 Å². The summed E-state index contributed by atoms with van der Waals surface area (Å²) in [5.74, 6) is 0.550. The van der Waals surface area contributed by atoms with Crippen molar-refractivity contribution in [3.8, 4) is 0 Å². The lowest BCUT2D eigenvalue weighted by Gasteiger charge is -2.11. The summed E-state index contributed by atoms with van der Waals surface area (Å²) >= 11 is 1.77. The van der Waals surface area contributed by atoms with Crippen LogP contribution in [0.5, 0.6) is 0 Å². The molecule has 0 rings (SSSR count). The van der Waals surface area contributed by atoms with E-state index in [0.29, 0.717) is 12.8 Å². The molecule has 0 aliphatic rings. The highest BCUT2D eigenvalue weighted by Crippen LogP contribution is 2.12. The monoisotopic (exact) mass is 288 g/mol. The van der Waals surface area contributed by atoms with Crippen LogP contribution in [-0.4, -0.2) is 35.2 Å². The molecular formula is C14H24O4S. The molecule has 0 heterocycles. The molecule has 0 fully saturated rings. The van der Waals surface area contributed by atoms with Gasteiger partial charge in [0.2, 0.25) is 0 Å².